The van der Waals surface area contributed by atoms with Gasteiger partial charge in [0.25, 0.3) is 0 Å². The number of hydrogen-bond acceptors (Lipinski definition) is 3. The van der Waals surface area contributed by atoms with Crippen LogP contribution >= 0.6 is 0 Å². The highest BCUT2D eigenvalue weighted by Crippen LogP contribution is 2.41. The largest absolute Gasteiger partial charge is 0.309 e. The molecule has 2 heterocycles. The van der Waals surface area contributed by atoms with Crippen molar-refractivity contribution in [3.05, 3.63) is 58.9 Å². The van der Waals surface area contributed by atoms with Gasteiger partial charge in [-0.3, -0.25) is 14.7 Å². The summed E-state index contributed by atoms with van der Waals surface area (Å²) in [6, 6.07) is 8.19. The standard InChI is InChI=1S/C25H31F2N3O/c1-16-8-13-22-23(28-16)25(2,3)15-30(22)24(31)17-9-11-18(12-10-17)29(4)14-19-20(26)6-5-7-21(19)27/h5-8,13,17-18H,9-12,14-15H2,1-4H3. The smallest absolute Gasteiger partial charge is 0.230 e. The van der Waals surface area contributed by atoms with Gasteiger partial charge in [0.2, 0.25) is 5.91 Å². The van der Waals surface area contributed by atoms with Crippen LogP contribution in [0.1, 0.15) is 56.5 Å². The number of rotatable bonds is 4. The van der Waals surface area contributed by atoms with E-state index in [1.807, 2.05) is 35.9 Å². The van der Waals surface area contributed by atoms with Gasteiger partial charge in [-0.15, -0.1) is 0 Å². The second kappa shape index (κ2) is 8.30. The van der Waals surface area contributed by atoms with Gasteiger partial charge in [-0.1, -0.05) is 19.9 Å². The molecular weight excluding hydrogens is 396 g/mol. The van der Waals surface area contributed by atoms with Gasteiger partial charge >= 0.3 is 0 Å². The van der Waals surface area contributed by atoms with Crippen molar-refractivity contribution in [1.29, 1.82) is 0 Å². The highest BCUT2D eigenvalue weighted by Gasteiger charge is 2.42. The summed E-state index contributed by atoms with van der Waals surface area (Å²) >= 11 is 0. The zero-order chi connectivity index (χ0) is 22.3. The Morgan fingerprint density at radius 1 is 1.13 bits per heavy atom. The van der Waals surface area contributed by atoms with Crippen molar-refractivity contribution in [2.45, 2.75) is 64.5 Å². The predicted molar refractivity (Wildman–Crippen MR) is 118 cm³/mol. The van der Waals surface area contributed by atoms with E-state index in [9.17, 15) is 13.6 Å². The number of benzene rings is 1. The molecule has 0 N–H and O–H groups in total. The SMILES string of the molecule is Cc1ccc2c(n1)C(C)(C)CN2C(=O)C1CCC(N(C)Cc2c(F)cccc2F)CC1. The number of hydrogen-bond donors (Lipinski definition) is 0. The van der Waals surface area contributed by atoms with E-state index in [1.165, 1.54) is 18.2 Å². The van der Waals surface area contributed by atoms with E-state index in [-0.39, 0.29) is 35.4 Å². The molecule has 1 aromatic carbocycles. The Hall–Kier alpha value is -2.34. The van der Waals surface area contributed by atoms with Crippen LogP contribution in [0.15, 0.2) is 30.3 Å². The van der Waals surface area contributed by atoms with Gasteiger partial charge in [0.05, 0.1) is 11.4 Å². The minimum atomic E-state index is -0.505. The minimum Gasteiger partial charge on any atom is -0.309 e. The van der Waals surface area contributed by atoms with Gasteiger partial charge in [0.1, 0.15) is 11.6 Å². The fourth-order valence-electron chi connectivity index (χ4n) is 5.06. The molecule has 1 fully saturated rings. The maximum absolute atomic E-state index is 14.0. The summed E-state index contributed by atoms with van der Waals surface area (Å²) in [4.78, 5) is 22.0. The summed E-state index contributed by atoms with van der Waals surface area (Å²) in [5, 5.41) is 0. The molecule has 1 aliphatic carbocycles. The molecule has 0 atom stereocenters. The van der Waals surface area contributed by atoms with Crippen molar-refractivity contribution in [3.63, 3.8) is 0 Å². The monoisotopic (exact) mass is 427 g/mol. The first-order chi connectivity index (χ1) is 14.7. The molecule has 1 aliphatic heterocycles. The Balaban J connectivity index is 1.40. The molecule has 166 valence electrons. The molecule has 2 aliphatic rings. The predicted octanol–water partition coefficient (Wildman–Crippen LogP) is 4.98. The van der Waals surface area contributed by atoms with E-state index >= 15 is 0 Å². The van der Waals surface area contributed by atoms with E-state index in [2.05, 4.69) is 13.8 Å². The third kappa shape index (κ3) is 4.22. The van der Waals surface area contributed by atoms with Crippen molar-refractivity contribution in [2.75, 3.05) is 18.5 Å². The van der Waals surface area contributed by atoms with E-state index in [0.29, 0.717) is 6.54 Å². The Morgan fingerprint density at radius 2 is 1.77 bits per heavy atom. The molecule has 6 heteroatoms. The molecule has 31 heavy (non-hydrogen) atoms. The lowest BCUT2D eigenvalue weighted by molar-refractivity contribution is -0.123. The van der Waals surface area contributed by atoms with Crippen LogP contribution in [-0.2, 0) is 16.8 Å². The maximum Gasteiger partial charge on any atom is 0.230 e. The third-order valence-corrected chi connectivity index (χ3v) is 6.90. The summed E-state index contributed by atoms with van der Waals surface area (Å²) in [5.74, 6) is -0.846. The van der Waals surface area contributed by atoms with Crippen molar-refractivity contribution in [3.8, 4) is 0 Å². The van der Waals surface area contributed by atoms with Gasteiger partial charge in [0.15, 0.2) is 0 Å². The van der Waals surface area contributed by atoms with Gasteiger partial charge in [-0.05, 0) is 63.9 Å². The lowest BCUT2D eigenvalue weighted by Gasteiger charge is -2.35. The summed E-state index contributed by atoms with van der Waals surface area (Å²) in [7, 11) is 1.91. The summed E-state index contributed by atoms with van der Waals surface area (Å²) in [5.41, 5.74) is 2.87. The third-order valence-electron chi connectivity index (χ3n) is 6.90. The number of aromatic nitrogens is 1. The molecule has 0 unspecified atom stereocenters. The van der Waals surface area contributed by atoms with E-state index in [1.54, 1.807) is 0 Å². The molecule has 4 nitrogen and oxygen atoms in total. The maximum atomic E-state index is 14.0. The molecule has 1 saturated carbocycles. The van der Waals surface area contributed by atoms with Crippen LogP contribution in [0.2, 0.25) is 0 Å². The number of pyridine rings is 1. The lowest BCUT2D eigenvalue weighted by atomic mass is 9.84. The molecule has 4 rings (SSSR count). The lowest BCUT2D eigenvalue weighted by Crippen LogP contribution is -2.42. The summed E-state index contributed by atoms with van der Waals surface area (Å²) in [6.45, 7) is 7.15. The van der Waals surface area contributed by atoms with Gasteiger partial charge < -0.3 is 4.90 Å². The molecule has 0 radical (unpaired) electrons. The van der Waals surface area contributed by atoms with Crippen LogP contribution in [-0.4, -0.2) is 35.4 Å². The van der Waals surface area contributed by atoms with Crippen LogP contribution in [0.3, 0.4) is 0 Å². The average Bonchev–Trinajstić information content (AvgIpc) is 3.00. The number of carbonyl (C=O) groups excluding carboxylic acids is 1. The fourth-order valence-corrected chi connectivity index (χ4v) is 5.06. The zero-order valence-corrected chi connectivity index (χ0v) is 18.8. The van der Waals surface area contributed by atoms with E-state index in [0.717, 1.165) is 42.8 Å². The quantitative estimate of drug-likeness (QED) is 0.690. The number of anilines is 1. The zero-order valence-electron chi connectivity index (χ0n) is 18.8. The van der Waals surface area contributed by atoms with Crippen LogP contribution in [0.5, 0.6) is 0 Å². The van der Waals surface area contributed by atoms with Gasteiger partial charge in [-0.25, -0.2) is 8.78 Å². The Bertz CT molecular complexity index is 962. The number of fused-ring (bicyclic) bond motifs is 1. The Kier molecular flexibility index (Phi) is 5.86. The molecular formula is C25H31F2N3O. The first-order valence-electron chi connectivity index (χ1n) is 11.1. The Morgan fingerprint density at radius 3 is 2.42 bits per heavy atom. The van der Waals surface area contributed by atoms with Crippen LogP contribution in [0, 0.1) is 24.5 Å². The summed E-state index contributed by atoms with van der Waals surface area (Å²) in [6.07, 6.45) is 3.27. The summed E-state index contributed by atoms with van der Waals surface area (Å²) < 4.78 is 28.0. The fraction of sp³-hybridized carbons (Fsp3) is 0.520. The van der Waals surface area contributed by atoms with E-state index in [4.69, 9.17) is 4.98 Å². The molecule has 2 aromatic rings. The van der Waals surface area contributed by atoms with Gasteiger partial charge in [-0.2, -0.15) is 0 Å². The number of halogens is 2. The highest BCUT2D eigenvalue weighted by molar-refractivity contribution is 5.97. The average molecular weight is 428 g/mol. The van der Waals surface area contributed by atoms with Crippen molar-refractivity contribution in [1.82, 2.24) is 9.88 Å². The number of amides is 1. The number of aryl methyl sites for hydroxylation is 1. The topological polar surface area (TPSA) is 36.4 Å². The van der Waals surface area contributed by atoms with Crippen LogP contribution in [0.25, 0.3) is 0 Å². The van der Waals surface area contributed by atoms with Gasteiger partial charge in [0, 0.05) is 41.7 Å². The first kappa shape index (κ1) is 21.9. The normalized spacial score (nSPS) is 22.6. The molecule has 1 aromatic heterocycles. The van der Waals surface area contributed by atoms with E-state index < -0.39 is 11.6 Å². The van der Waals surface area contributed by atoms with Crippen LogP contribution < -0.4 is 4.90 Å². The van der Waals surface area contributed by atoms with Crippen LogP contribution in [0.4, 0.5) is 14.5 Å². The highest BCUT2D eigenvalue weighted by atomic mass is 19.1. The molecule has 0 bridgehead atoms. The van der Waals surface area contributed by atoms with Crippen molar-refractivity contribution < 1.29 is 13.6 Å². The number of nitrogens with zero attached hydrogens (tertiary/aromatic N) is 3. The minimum absolute atomic E-state index is 0.0158. The molecule has 0 spiro atoms. The Labute approximate surface area is 183 Å². The van der Waals surface area contributed by atoms with Crippen molar-refractivity contribution in [2.24, 2.45) is 5.92 Å². The second-order valence-electron chi connectivity index (χ2n) is 9.75. The molecule has 1 amide bonds. The first-order valence-corrected chi connectivity index (χ1v) is 11.1. The van der Waals surface area contributed by atoms with Crippen molar-refractivity contribution >= 4 is 11.6 Å². The number of carbonyl (C=O) groups is 1. The molecule has 0 saturated heterocycles. The second-order valence-corrected chi connectivity index (χ2v) is 9.75.